The third-order valence-electron chi connectivity index (χ3n) is 6.27. The Kier molecular flexibility index (Phi) is 8.25. The molecule has 1 amide bonds. The SMILES string of the molecule is CC(C)(C)[S@](=O)N1Cc2cc(C(=O)NCC(F)(F)F)nc(-c3cccc(-c4cccc(F)c4)c3)c2[C@@H]1CCO. The van der Waals surface area contributed by atoms with E-state index in [9.17, 15) is 31.7 Å². The van der Waals surface area contributed by atoms with E-state index in [-0.39, 0.29) is 25.3 Å². The number of halogens is 4. The minimum atomic E-state index is -4.60. The summed E-state index contributed by atoms with van der Waals surface area (Å²) in [5.74, 6) is -1.41. The number of benzene rings is 2. The number of pyridine rings is 1. The molecule has 1 aliphatic heterocycles. The van der Waals surface area contributed by atoms with Crippen LogP contribution in [0.4, 0.5) is 17.6 Å². The number of carbonyl (C=O) groups excluding carboxylic acids is 1. The van der Waals surface area contributed by atoms with Crippen molar-refractivity contribution in [3.05, 3.63) is 77.2 Å². The molecule has 0 aliphatic carbocycles. The van der Waals surface area contributed by atoms with E-state index < -0.39 is 46.2 Å². The molecule has 2 atom stereocenters. The molecule has 2 heterocycles. The van der Waals surface area contributed by atoms with Gasteiger partial charge in [-0.15, -0.1) is 0 Å². The highest BCUT2D eigenvalue weighted by molar-refractivity contribution is 7.84. The molecule has 208 valence electrons. The standard InChI is InChI=1S/C28H29F4N3O3S/c1-27(2,3)39(38)35-15-20-14-22(26(37)33-16-28(30,31)32)34-25(24(20)23(35)10-11-36)19-8-4-6-17(12-19)18-7-5-9-21(29)13-18/h4-9,12-14,23,36H,10-11,15-16H2,1-3H3,(H,33,37)/t23-,39-/m0/s1. The Hall–Kier alpha value is -3.15. The summed E-state index contributed by atoms with van der Waals surface area (Å²) in [6, 6.07) is 13.9. The number of hydrogen-bond donors (Lipinski definition) is 2. The average Bonchev–Trinajstić information content (AvgIpc) is 3.23. The third kappa shape index (κ3) is 6.54. The first-order valence-corrected chi connectivity index (χ1v) is 13.4. The van der Waals surface area contributed by atoms with Gasteiger partial charge in [0.1, 0.15) is 29.0 Å². The van der Waals surface area contributed by atoms with E-state index in [0.717, 1.165) is 0 Å². The van der Waals surface area contributed by atoms with E-state index in [1.54, 1.807) is 40.7 Å². The van der Waals surface area contributed by atoms with Crippen molar-refractivity contribution in [3.8, 4) is 22.4 Å². The van der Waals surface area contributed by atoms with Crippen LogP contribution in [0, 0.1) is 5.82 Å². The van der Waals surface area contributed by atoms with Gasteiger partial charge in [-0.2, -0.15) is 13.2 Å². The first-order chi connectivity index (χ1) is 18.3. The van der Waals surface area contributed by atoms with Gasteiger partial charge < -0.3 is 10.4 Å². The number of fused-ring (bicyclic) bond motifs is 1. The van der Waals surface area contributed by atoms with Gasteiger partial charge in [0, 0.05) is 24.3 Å². The summed E-state index contributed by atoms with van der Waals surface area (Å²) >= 11 is 0. The molecule has 2 aromatic carbocycles. The number of carbonyl (C=O) groups is 1. The Morgan fingerprint density at radius 2 is 1.72 bits per heavy atom. The highest BCUT2D eigenvalue weighted by Crippen LogP contribution is 2.44. The largest absolute Gasteiger partial charge is 0.405 e. The second kappa shape index (κ2) is 11.1. The first-order valence-electron chi connectivity index (χ1n) is 12.3. The molecule has 2 N–H and O–H groups in total. The first kappa shape index (κ1) is 28.8. The fourth-order valence-corrected chi connectivity index (χ4v) is 5.99. The van der Waals surface area contributed by atoms with Crippen LogP contribution in [0.5, 0.6) is 0 Å². The molecule has 0 radical (unpaired) electrons. The van der Waals surface area contributed by atoms with E-state index >= 15 is 0 Å². The van der Waals surface area contributed by atoms with Gasteiger partial charge in [0.05, 0.1) is 16.5 Å². The smallest absolute Gasteiger partial charge is 0.396 e. The Labute approximate surface area is 226 Å². The van der Waals surface area contributed by atoms with Crippen LogP contribution in [0.25, 0.3) is 22.4 Å². The molecule has 6 nitrogen and oxygen atoms in total. The van der Waals surface area contributed by atoms with Crippen molar-refractivity contribution >= 4 is 16.9 Å². The fraction of sp³-hybridized carbons (Fsp3) is 0.357. The van der Waals surface area contributed by atoms with Crippen LogP contribution in [0.3, 0.4) is 0 Å². The summed E-state index contributed by atoms with van der Waals surface area (Å²) < 4.78 is 66.8. The number of hydrogen-bond acceptors (Lipinski definition) is 4. The van der Waals surface area contributed by atoms with Crippen molar-refractivity contribution in [2.75, 3.05) is 13.2 Å². The van der Waals surface area contributed by atoms with E-state index in [4.69, 9.17) is 0 Å². The predicted molar refractivity (Wildman–Crippen MR) is 141 cm³/mol. The van der Waals surface area contributed by atoms with E-state index in [0.29, 0.717) is 33.5 Å². The molecule has 11 heteroatoms. The van der Waals surface area contributed by atoms with Gasteiger partial charge in [-0.1, -0.05) is 30.3 Å². The van der Waals surface area contributed by atoms with Crippen LogP contribution in [0.1, 0.15) is 54.8 Å². The number of aromatic nitrogens is 1. The molecule has 39 heavy (non-hydrogen) atoms. The van der Waals surface area contributed by atoms with Crippen molar-refractivity contribution in [3.63, 3.8) is 0 Å². The Morgan fingerprint density at radius 3 is 2.33 bits per heavy atom. The van der Waals surface area contributed by atoms with Crippen LogP contribution in [-0.2, 0) is 17.5 Å². The minimum Gasteiger partial charge on any atom is -0.396 e. The zero-order chi connectivity index (χ0) is 28.5. The summed E-state index contributed by atoms with van der Waals surface area (Å²) in [5.41, 5.74) is 3.17. The fourth-order valence-electron chi connectivity index (χ4n) is 4.59. The summed E-state index contributed by atoms with van der Waals surface area (Å²) in [6.07, 6.45) is -4.37. The Morgan fingerprint density at radius 1 is 1.08 bits per heavy atom. The van der Waals surface area contributed by atoms with Gasteiger partial charge in [0.2, 0.25) is 0 Å². The lowest BCUT2D eigenvalue weighted by atomic mass is 9.94. The highest BCUT2D eigenvalue weighted by Gasteiger charge is 2.40. The lowest BCUT2D eigenvalue weighted by molar-refractivity contribution is -0.123. The van der Waals surface area contributed by atoms with Gasteiger partial charge in [0.15, 0.2) is 0 Å². The van der Waals surface area contributed by atoms with Crippen molar-refractivity contribution < 1.29 is 31.7 Å². The lowest BCUT2D eigenvalue weighted by Gasteiger charge is -2.30. The maximum Gasteiger partial charge on any atom is 0.405 e. The zero-order valence-electron chi connectivity index (χ0n) is 21.7. The monoisotopic (exact) mass is 563 g/mol. The number of nitrogens with one attached hydrogen (secondary N) is 1. The van der Waals surface area contributed by atoms with Crippen LogP contribution < -0.4 is 5.32 Å². The van der Waals surface area contributed by atoms with Gasteiger partial charge in [0.25, 0.3) is 5.91 Å². The highest BCUT2D eigenvalue weighted by atomic mass is 32.2. The molecule has 0 bridgehead atoms. The zero-order valence-corrected chi connectivity index (χ0v) is 22.5. The molecule has 4 rings (SSSR count). The second-order valence-corrected chi connectivity index (χ2v) is 12.5. The van der Waals surface area contributed by atoms with Crippen molar-refractivity contribution in [2.24, 2.45) is 0 Å². The maximum absolute atomic E-state index is 13.9. The molecule has 0 saturated carbocycles. The van der Waals surface area contributed by atoms with Crippen molar-refractivity contribution in [2.45, 2.75) is 50.7 Å². The third-order valence-corrected chi connectivity index (χ3v) is 8.12. The van der Waals surface area contributed by atoms with E-state index in [1.807, 2.05) is 26.1 Å². The molecule has 1 aliphatic rings. The molecule has 0 saturated heterocycles. The topological polar surface area (TPSA) is 82.5 Å². The average molecular weight is 564 g/mol. The Bertz CT molecular complexity index is 1410. The van der Waals surface area contributed by atoms with Crippen LogP contribution in [-0.4, -0.2) is 48.6 Å². The summed E-state index contributed by atoms with van der Waals surface area (Å²) in [4.78, 5) is 17.2. The number of aliphatic hydroxyl groups excluding tert-OH is 1. The predicted octanol–water partition coefficient (Wildman–Crippen LogP) is 5.55. The number of alkyl halides is 3. The molecule has 0 fully saturated rings. The quantitative estimate of drug-likeness (QED) is 0.370. The van der Waals surface area contributed by atoms with Gasteiger partial charge in [-0.3, -0.25) is 4.79 Å². The molecule has 0 spiro atoms. The van der Waals surface area contributed by atoms with Crippen LogP contribution >= 0.6 is 0 Å². The van der Waals surface area contributed by atoms with Crippen LogP contribution in [0.15, 0.2) is 54.6 Å². The lowest BCUT2D eigenvalue weighted by Crippen LogP contribution is -2.36. The van der Waals surface area contributed by atoms with Gasteiger partial charge >= 0.3 is 6.18 Å². The maximum atomic E-state index is 13.9. The van der Waals surface area contributed by atoms with E-state index in [1.165, 1.54) is 18.2 Å². The Balaban J connectivity index is 1.87. The van der Waals surface area contributed by atoms with Crippen molar-refractivity contribution in [1.82, 2.24) is 14.6 Å². The number of amides is 1. The molecule has 1 aromatic heterocycles. The van der Waals surface area contributed by atoms with Gasteiger partial charge in [-0.25, -0.2) is 17.9 Å². The minimum absolute atomic E-state index is 0.155. The number of nitrogens with zero attached hydrogens (tertiary/aromatic N) is 2. The molecule has 3 aromatic rings. The second-order valence-electron chi connectivity index (χ2n) is 10.3. The van der Waals surface area contributed by atoms with Crippen LogP contribution in [0.2, 0.25) is 0 Å². The molecule has 0 unspecified atom stereocenters. The van der Waals surface area contributed by atoms with E-state index in [2.05, 4.69) is 4.98 Å². The summed E-state index contributed by atoms with van der Waals surface area (Å²) in [6.45, 7) is 3.89. The summed E-state index contributed by atoms with van der Waals surface area (Å²) in [7, 11) is -1.50. The number of rotatable bonds is 7. The molecular formula is C28H29F4N3O3S. The number of aliphatic hydroxyl groups is 1. The molecular weight excluding hydrogens is 534 g/mol. The van der Waals surface area contributed by atoms with Gasteiger partial charge in [-0.05, 0) is 68.1 Å². The summed E-state index contributed by atoms with van der Waals surface area (Å²) in [5, 5.41) is 11.7. The normalized spacial score (nSPS) is 16.7. The van der Waals surface area contributed by atoms with Crippen molar-refractivity contribution in [1.29, 1.82) is 0 Å².